The molecule has 0 unspecified atom stereocenters. The minimum atomic E-state index is -3.63. The normalized spacial score (nSPS) is 11.2. The second kappa shape index (κ2) is 9.24. The van der Waals surface area contributed by atoms with Gasteiger partial charge in [0, 0.05) is 21.7 Å². The largest absolute Gasteiger partial charge is 0.325 e. The van der Waals surface area contributed by atoms with E-state index >= 15 is 0 Å². The number of sulfonamides is 1. The number of amides is 1. The van der Waals surface area contributed by atoms with Crippen LogP contribution in [-0.2, 0) is 14.8 Å². The van der Waals surface area contributed by atoms with Gasteiger partial charge in [-0.25, -0.2) is 8.42 Å². The van der Waals surface area contributed by atoms with Crippen LogP contribution in [0.25, 0.3) is 10.8 Å². The van der Waals surface area contributed by atoms with Crippen LogP contribution in [0.4, 0.5) is 11.4 Å². The Balaban J connectivity index is 1.35. The van der Waals surface area contributed by atoms with Gasteiger partial charge < -0.3 is 5.32 Å². The summed E-state index contributed by atoms with van der Waals surface area (Å²) in [7, 11) is -3.63. The number of thioether (sulfide) groups is 1. The van der Waals surface area contributed by atoms with E-state index < -0.39 is 10.0 Å². The number of fused-ring (bicyclic) bond motifs is 1. The van der Waals surface area contributed by atoms with Crippen molar-refractivity contribution >= 4 is 49.8 Å². The molecule has 31 heavy (non-hydrogen) atoms. The summed E-state index contributed by atoms with van der Waals surface area (Å²) < 4.78 is 27.4. The third-order valence-electron chi connectivity index (χ3n) is 4.59. The molecule has 4 rings (SSSR count). The molecule has 156 valence electrons. The lowest BCUT2D eigenvalue weighted by Gasteiger charge is -2.10. The lowest BCUT2D eigenvalue weighted by atomic mass is 10.1. The molecule has 0 heterocycles. The summed E-state index contributed by atoms with van der Waals surface area (Å²) in [4.78, 5) is 13.5. The van der Waals surface area contributed by atoms with Crippen LogP contribution in [0.1, 0.15) is 0 Å². The molecule has 0 aliphatic rings. The number of rotatable bonds is 7. The van der Waals surface area contributed by atoms with Crippen molar-refractivity contribution in [3.8, 4) is 0 Å². The second-order valence-electron chi connectivity index (χ2n) is 6.81. The zero-order chi connectivity index (χ0) is 21.7. The SMILES string of the molecule is O=C(CSc1ccc(NS(=O)(=O)c2ccccc2)cc1)Nc1cccc2ccccc12. The molecule has 0 fully saturated rings. The Morgan fingerprint density at radius 1 is 0.774 bits per heavy atom. The molecule has 0 aliphatic carbocycles. The highest BCUT2D eigenvalue weighted by atomic mass is 32.2. The predicted molar refractivity (Wildman–Crippen MR) is 127 cm³/mol. The van der Waals surface area contributed by atoms with E-state index in [1.165, 1.54) is 11.8 Å². The van der Waals surface area contributed by atoms with Gasteiger partial charge in [0.15, 0.2) is 0 Å². The van der Waals surface area contributed by atoms with E-state index in [1.807, 2.05) is 42.5 Å². The first-order chi connectivity index (χ1) is 15.0. The van der Waals surface area contributed by atoms with E-state index in [2.05, 4.69) is 10.0 Å². The highest BCUT2D eigenvalue weighted by molar-refractivity contribution is 8.00. The molecule has 4 aromatic carbocycles. The molecule has 0 saturated carbocycles. The van der Waals surface area contributed by atoms with E-state index in [-0.39, 0.29) is 16.6 Å². The average Bonchev–Trinajstić information content (AvgIpc) is 2.79. The first kappa shape index (κ1) is 21.0. The van der Waals surface area contributed by atoms with Crippen molar-refractivity contribution in [2.24, 2.45) is 0 Å². The number of carbonyl (C=O) groups excluding carboxylic acids is 1. The molecule has 0 atom stereocenters. The number of hydrogen-bond acceptors (Lipinski definition) is 4. The van der Waals surface area contributed by atoms with Crippen molar-refractivity contribution in [1.29, 1.82) is 0 Å². The maximum absolute atomic E-state index is 12.4. The van der Waals surface area contributed by atoms with E-state index in [4.69, 9.17) is 0 Å². The average molecular weight is 449 g/mol. The van der Waals surface area contributed by atoms with E-state index in [0.717, 1.165) is 21.4 Å². The van der Waals surface area contributed by atoms with Gasteiger partial charge in [0.05, 0.1) is 10.6 Å². The molecule has 0 aliphatic heterocycles. The number of nitrogens with one attached hydrogen (secondary N) is 2. The fourth-order valence-electron chi connectivity index (χ4n) is 3.10. The van der Waals surface area contributed by atoms with Crippen LogP contribution in [0, 0.1) is 0 Å². The van der Waals surface area contributed by atoms with Crippen molar-refractivity contribution < 1.29 is 13.2 Å². The van der Waals surface area contributed by atoms with Crippen molar-refractivity contribution in [3.05, 3.63) is 97.1 Å². The third kappa shape index (κ3) is 5.25. The van der Waals surface area contributed by atoms with Gasteiger partial charge >= 0.3 is 0 Å². The Bertz CT molecular complexity index is 1300. The molecule has 2 N–H and O–H groups in total. The van der Waals surface area contributed by atoms with Crippen LogP contribution >= 0.6 is 11.8 Å². The zero-order valence-electron chi connectivity index (χ0n) is 16.5. The quantitative estimate of drug-likeness (QED) is 0.373. The smallest absolute Gasteiger partial charge is 0.261 e. The van der Waals surface area contributed by atoms with Gasteiger partial charge in [-0.1, -0.05) is 54.6 Å². The summed E-state index contributed by atoms with van der Waals surface area (Å²) in [6.07, 6.45) is 0. The molecular weight excluding hydrogens is 428 g/mol. The second-order valence-corrected chi connectivity index (χ2v) is 9.54. The van der Waals surface area contributed by atoms with Gasteiger partial charge in [-0.3, -0.25) is 9.52 Å². The van der Waals surface area contributed by atoms with Gasteiger partial charge in [-0.15, -0.1) is 11.8 Å². The van der Waals surface area contributed by atoms with E-state index in [9.17, 15) is 13.2 Å². The predicted octanol–water partition coefficient (Wildman–Crippen LogP) is 5.37. The summed E-state index contributed by atoms with van der Waals surface area (Å²) in [6.45, 7) is 0. The van der Waals surface area contributed by atoms with Crippen molar-refractivity contribution in [3.63, 3.8) is 0 Å². The molecule has 4 aromatic rings. The van der Waals surface area contributed by atoms with Crippen LogP contribution in [0.3, 0.4) is 0 Å². The van der Waals surface area contributed by atoms with Crippen LogP contribution in [0.5, 0.6) is 0 Å². The van der Waals surface area contributed by atoms with Crippen LogP contribution < -0.4 is 10.0 Å². The molecule has 5 nitrogen and oxygen atoms in total. The molecule has 0 radical (unpaired) electrons. The van der Waals surface area contributed by atoms with Crippen molar-refractivity contribution in [2.75, 3.05) is 15.8 Å². The number of anilines is 2. The molecule has 0 aromatic heterocycles. The van der Waals surface area contributed by atoms with Crippen LogP contribution in [0.15, 0.2) is 107 Å². The lowest BCUT2D eigenvalue weighted by Crippen LogP contribution is -2.14. The number of benzene rings is 4. The van der Waals surface area contributed by atoms with Gasteiger partial charge in [0.1, 0.15) is 0 Å². The van der Waals surface area contributed by atoms with E-state index in [0.29, 0.717) is 5.69 Å². The lowest BCUT2D eigenvalue weighted by molar-refractivity contribution is -0.113. The van der Waals surface area contributed by atoms with Crippen molar-refractivity contribution in [2.45, 2.75) is 9.79 Å². The highest BCUT2D eigenvalue weighted by Gasteiger charge is 2.13. The Morgan fingerprint density at radius 3 is 2.23 bits per heavy atom. The summed E-state index contributed by atoms with van der Waals surface area (Å²) in [6, 6.07) is 28.9. The number of hydrogen-bond donors (Lipinski definition) is 2. The van der Waals surface area contributed by atoms with Crippen molar-refractivity contribution in [1.82, 2.24) is 0 Å². The minimum absolute atomic E-state index is 0.102. The van der Waals surface area contributed by atoms with E-state index in [1.54, 1.807) is 54.6 Å². The van der Waals surface area contributed by atoms with Crippen LogP contribution in [0.2, 0.25) is 0 Å². The molecular formula is C24H20N2O3S2. The highest BCUT2D eigenvalue weighted by Crippen LogP contribution is 2.25. The fourth-order valence-corrected chi connectivity index (χ4v) is 4.88. The van der Waals surface area contributed by atoms with Gasteiger partial charge in [-0.2, -0.15) is 0 Å². The maximum atomic E-state index is 12.4. The first-order valence-electron chi connectivity index (χ1n) is 9.60. The molecule has 0 bridgehead atoms. The van der Waals surface area contributed by atoms with Crippen LogP contribution in [-0.4, -0.2) is 20.1 Å². The molecule has 1 amide bonds. The maximum Gasteiger partial charge on any atom is 0.261 e. The number of carbonyl (C=O) groups is 1. The molecule has 7 heteroatoms. The van der Waals surface area contributed by atoms with Gasteiger partial charge in [0.25, 0.3) is 10.0 Å². The third-order valence-corrected chi connectivity index (χ3v) is 7.00. The summed E-state index contributed by atoms with van der Waals surface area (Å²) in [5, 5.41) is 5.03. The summed E-state index contributed by atoms with van der Waals surface area (Å²) >= 11 is 1.39. The Morgan fingerprint density at radius 2 is 1.45 bits per heavy atom. The molecule has 0 spiro atoms. The standard InChI is InChI=1S/C24H20N2O3S2/c27-24(25-23-12-6-8-18-7-4-5-11-22(18)23)17-30-20-15-13-19(14-16-20)26-31(28,29)21-9-2-1-3-10-21/h1-16,26H,17H2,(H,25,27). The Labute approximate surface area is 185 Å². The first-order valence-corrected chi connectivity index (χ1v) is 12.1. The summed E-state index contributed by atoms with van der Waals surface area (Å²) in [5.74, 6) is 0.147. The Kier molecular flexibility index (Phi) is 6.25. The summed E-state index contributed by atoms with van der Waals surface area (Å²) in [5.41, 5.74) is 1.25. The topological polar surface area (TPSA) is 75.3 Å². The fraction of sp³-hybridized carbons (Fsp3) is 0.0417. The van der Waals surface area contributed by atoms with Gasteiger partial charge in [0.2, 0.25) is 5.91 Å². The van der Waals surface area contributed by atoms with Gasteiger partial charge in [-0.05, 0) is 47.9 Å². The Hall–Kier alpha value is -3.29. The molecule has 0 saturated heterocycles. The minimum Gasteiger partial charge on any atom is -0.325 e. The monoisotopic (exact) mass is 448 g/mol. The zero-order valence-corrected chi connectivity index (χ0v) is 18.1.